The molecular formula is C8H11N3O4. The summed E-state index contributed by atoms with van der Waals surface area (Å²) in [5.41, 5.74) is -1.41. The highest BCUT2D eigenvalue weighted by Gasteiger charge is 2.11. The average Bonchev–Trinajstić information content (AvgIpc) is 2.12. The van der Waals surface area contributed by atoms with Crippen LogP contribution in [0, 0.1) is 0 Å². The van der Waals surface area contributed by atoms with Crippen molar-refractivity contribution in [1.29, 1.82) is 0 Å². The van der Waals surface area contributed by atoms with Gasteiger partial charge in [-0.15, -0.1) is 0 Å². The van der Waals surface area contributed by atoms with Crippen molar-refractivity contribution in [2.24, 2.45) is 5.16 Å². The van der Waals surface area contributed by atoms with Gasteiger partial charge in [0.15, 0.2) is 0 Å². The minimum absolute atomic E-state index is 0.108. The summed E-state index contributed by atoms with van der Waals surface area (Å²) in [6, 6.07) is 0. The number of aromatic hydroxyl groups is 1. The van der Waals surface area contributed by atoms with E-state index in [1.165, 1.54) is 6.92 Å². The quantitative estimate of drug-likeness (QED) is 0.466. The summed E-state index contributed by atoms with van der Waals surface area (Å²) in [4.78, 5) is 30.8. The maximum atomic E-state index is 11.3. The van der Waals surface area contributed by atoms with Crippen LogP contribution >= 0.6 is 0 Å². The zero-order valence-corrected chi connectivity index (χ0v) is 8.33. The van der Waals surface area contributed by atoms with Crippen LogP contribution in [-0.2, 0) is 4.84 Å². The molecule has 0 saturated heterocycles. The van der Waals surface area contributed by atoms with Gasteiger partial charge in [-0.25, -0.2) is 4.79 Å². The van der Waals surface area contributed by atoms with Crippen molar-refractivity contribution < 1.29 is 9.94 Å². The summed E-state index contributed by atoms with van der Waals surface area (Å²) >= 11 is 0. The van der Waals surface area contributed by atoms with Gasteiger partial charge in [0.1, 0.15) is 12.2 Å². The second kappa shape index (κ2) is 4.45. The lowest BCUT2D eigenvalue weighted by atomic mass is 10.2. The van der Waals surface area contributed by atoms with Gasteiger partial charge in [0.25, 0.3) is 5.56 Å². The first-order valence-corrected chi connectivity index (χ1v) is 4.28. The number of H-pyrrole nitrogens is 2. The Kier molecular flexibility index (Phi) is 3.27. The second-order valence-electron chi connectivity index (χ2n) is 2.73. The van der Waals surface area contributed by atoms with E-state index in [1.807, 2.05) is 9.97 Å². The van der Waals surface area contributed by atoms with E-state index in [-0.39, 0.29) is 11.3 Å². The molecule has 0 saturated carbocycles. The predicted octanol–water partition coefficient (Wildman–Crippen LogP) is -0.471. The van der Waals surface area contributed by atoms with E-state index >= 15 is 0 Å². The maximum absolute atomic E-state index is 11.3. The van der Waals surface area contributed by atoms with Gasteiger partial charge in [0, 0.05) is 0 Å². The van der Waals surface area contributed by atoms with Crippen LogP contribution in [0.3, 0.4) is 0 Å². The van der Waals surface area contributed by atoms with Crippen molar-refractivity contribution >= 4 is 5.71 Å². The molecule has 0 amide bonds. The largest absolute Gasteiger partial charge is 0.494 e. The third-order valence-electron chi connectivity index (χ3n) is 1.62. The Bertz CT molecular complexity index is 485. The summed E-state index contributed by atoms with van der Waals surface area (Å²) in [5.74, 6) is -0.523. The Labute approximate surface area is 84.4 Å². The number of aromatic nitrogens is 2. The fourth-order valence-corrected chi connectivity index (χ4v) is 1.02. The molecule has 15 heavy (non-hydrogen) atoms. The van der Waals surface area contributed by atoms with Crippen molar-refractivity contribution in [1.82, 2.24) is 9.97 Å². The minimum Gasteiger partial charge on any atom is -0.494 e. The highest BCUT2D eigenvalue weighted by molar-refractivity contribution is 5.99. The number of hydrogen-bond acceptors (Lipinski definition) is 5. The summed E-state index contributed by atoms with van der Waals surface area (Å²) < 4.78 is 0. The standard InChI is InChI=1S/C8H11N3O4/c1-3-15-11-4(2)5-6(12)9-8(14)10-7(5)13/h3H2,1-2H3,(H3,9,10,12,13,14). The lowest BCUT2D eigenvalue weighted by molar-refractivity contribution is 0.158. The summed E-state index contributed by atoms with van der Waals surface area (Å²) in [7, 11) is 0. The van der Waals surface area contributed by atoms with E-state index in [0.717, 1.165) is 0 Å². The first-order chi connectivity index (χ1) is 7.06. The Hall–Kier alpha value is -2.05. The molecule has 1 heterocycles. The van der Waals surface area contributed by atoms with Gasteiger partial charge in [0.05, 0.1) is 5.71 Å². The molecule has 82 valence electrons. The second-order valence-corrected chi connectivity index (χ2v) is 2.73. The molecular weight excluding hydrogens is 202 g/mol. The molecule has 3 N–H and O–H groups in total. The third kappa shape index (κ3) is 2.46. The van der Waals surface area contributed by atoms with Crippen LogP contribution in [0.15, 0.2) is 14.7 Å². The monoisotopic (exact) mass is 213 g/mol. The first-order valence-electron chi connectivity index (χ1n) is 4.28. The fourth-order valence-electron chi connectivity index (χ4n) is 1.02. The molecule has 0 radical (unpaired) electrons. The van der Waals surface area contributed by atoms with Gasteiger partial charge in [-0.3, -0.25) is 14.8 Å². The van der Waals surface area contributed by atoms with E-state index in [0.29, 0.717) is 6.61 Å². The van der Waals surface area contributed by atoms with Crippen molar-refractivity contribution in [3.63, 3.8) is 0 Å². The molecule has 0 aromatic carbocycles. The molecule has 7 heteroatoms. The van der Waals surface area contributed by atoms with E-state index in [1.54, 1.807) is 6.92 Å². The Morgan fingerprint density at radius 3 is 2.67 bits per heavy atom. The molecule has 0 unspecified atom stereocenters. The van der Waals surface area contributed by atoms with Crippen molar-refractivity contribution in [3.05, 3.63) is 26.4 Å². The lowest BCUT2D eigenvalue weighted by Gasteiger charge is -2.01. The predicted molar refractivity (Wildman–Crippen MR) is 53.2 cm³/mol. The lowest BCUT2D eigenvalue weighted by Crippen LogP contribution is -2.27. The number of rotatable bonds is 3. The zero-order chi connectivity index (χ0) is 11.4. The van der Waals surface area contributed by atoms with Gasteiger partial charge >= 0.3 is 5.69 Å². The van der Waals surface area contributed by atoms with Crippen LogP contribution < -0.4 is 11.2 Å². The molecule has 0 aliphatic carbocycles. The fraction of sp³-hybridized carbons (Fsp3) is 0.375. The maximum Gasteiger partial charge on any atom is 0.328 e. The number of hydrogen-bond donors (Lipinski definition) is 3. The van der Waals surface area contributed by atoms with Crippen molar-refractivity contribution in [3.8, 4) is 5.88 Å². The third-order valence-corrected chi connectivity index (χ3v) is 1.62. The van der Waals surface area contributed by atoms with E-state index in [2.05, 4.69) is 5.16 Å². The van der Waals surface area contributed by atoms with Gasteiger partial charge in [-0.2, -0.15) is 0 Å². The van der Waals surface area contributed by atoms with Crippen LogP contribution in [-0.4, -0.2) is 27.4 Å². The van der Waals surface area contributed by atoms with E-state index in [9.17, 15) is 14.7 Å². The van der Waals surface area contributed by atoms with Crippen molar-refractivity contribution in [2.45, 2.75) is 13.8 Å². The van der Waals surface area contributed by atoms with Gasteiger partial charge in [-0.1, -0.05) is 5.16 Å². The number of nitrogens with zero attached hydrogens (tertiary/aromatic N) is 1. The topological polar surface area (TPSA) is 108 Å². The Morgan fingerprint density at radius 1 is 1.47 bits per heavy atom. The number of oxime groups is 1. The summed E-state index contributed by atoms with van der Waals surface area (Å²) in [6.07, 6.45) is 0. The van der Waals surface area contributed by atoms with Crippen LogP contribution in [0.25, 0.3) is 0 Å². The molecule has 1 aromatic heterocycles. The summed E-state index contributed by atoms with van der Waals surface area (Å²) in [5, 5.41) is 12.9. The average molecular weight is 213 g/mol. The zero-order valence-electron chi connectivity index (χ0n) is 8.33. The van der Waals surface area contributed by atoms with Crippen LogP contribution in [0.5, 0.6) is 5.88 Å². The molecule has 0 fully saturated rings. The SMILES string of the molecule is CCON=C(C)c1c(O)[nH]c(=O)[nH]c1=O. The molecule has 0 atom stereocenters. The van der Waals surface area contributed by atoms with Gasteiger partial charge < -0.3 is 9.94 Å². The Morgan fingerprint density at radius 2 is 2.13 bits per heavy atom. The highest BCUT2D eigenvalue weighted by Crippen LogP contribution is 2.06. The van der Waals surface area contributed by atoms with E-state index in [4.69, 9.17) is 4.84 Å². The van der Waals surface area contributed by atoms with Gasteiger partial charge in [-0.05, 0) is 13.8 Å². The molecule has 0 bridgehead atoms. The minimum atomic E-state index is -0.773. The number of aromatic amines is 2. The molecule has 7 nitrogen and oxygen atoms in total. The number of nitrogens with one attached hydrogen (secondary N) is 2. The molecule has 0 spiro atoms. The first kappa shape index (κ1) is 11.0. The van der Waals surface area contributed by atoms with Crippen LogP contribution in [0.1, 0.15) is 19.4 Å². The Balaban J connectivity index is 3.26. The molecule has 0 aliphatic heterocycles. The molecule has 0 aliphatic rings. The smallest absolute Gasteiger partial charge is 0.328 e. The van der Waals surface area contributed by atoms with Gasteiger partial charge in [0.2, 0.25) is 5.88 Å². The van der Waals surface area contributed by atoms with Crippen LogP contribution in [0.2, 0.25) is 0 Å². The van der Waals surface area contributed by atoms with E-state index < -0.39 is 17.1 Å². The van der Waals surface area contributed by atoms with Crippen LogP contribution in [0.4, 0.5) is 0 Å². The normalized spacial score (nSPS) is 11.5. The van der Waals surface area contributed by atoms with Crippen molar-refractivity contribution in [2.75, 3.05) is 6.61 Å². The molecule has 1 rings (SSSR count). The summed E-state index contributed by atoms with van der Waals surface area (Å²) in [6.45, 7) is 3.56. The highest BCUT2D eigenvalue weighted by atomic mass is 16.6. The molecule has 1 aromatic rings.